The Morgan fingerprint density at radius 2 is 2.00 bits per heavy atom. The number of aliphatic carboxylic acids is 1. The number of nitrogens with one attached hydrogen (secondary N) is 1. The first-order valence-electron chi connectivity index (χ1n) is 6.58. The molecule has 1 rings (SSSR count). The van der Waals surface area contributed by atoms with E-state index in [0.29, 0.717) is 6.54 Å². The summed E-state index contributed by atoms with van der Waals surface area (Å²) < 4.78 is 0. The maximum Gasteiger partial charge on any atom is 0.310 e. The molecule has 0 atom stereocenters. The highest BCUT2D eigenvalue weighted by atomic mass is 16.4. The fraction of sp³-hybridized carbons (Fsp3) is 0.923. The van der Waals surface area contributed by atoms with Crippen LogP contribution in [-0.2, 0) is 4.79 Å². The number of likely N-dealkylation sites (N-methyl/N-ethyl adjacent to an activating group) is 1. The average Bonchev–Trinajstić information content (AvgIpc) is 2.77. The van der Waals surface area contributed by atoms with Crippen molar-refractivity contribution >= 4 is 5.97 Å². The van der Waals surface area contributed by atoms with Crippen molar-refractivity contribution in [1.82, 2.24) is 10.2 Å². The van der Waals surface area contributed by atoms with Crippen LogP contribution in [0.1, 0.15) is 39.5 Å². The summed E-state index contributed by atoms with van der Waals surface area (Å²) in [6.45, 7) is 5.90. The molecule has 4 heteroatoms. The van der Waals surface area contributed by atoms with Crippen molar-refractivity contribution in [2.24, 2.45) is 5.41 Å². The molecule has 0 spiro atoms. The normalized spacial score (nSPS) is 17.9. The second-order valence-corrected chi connectivity index (χ2v) is 5.78. The van der Waals surface area contributed by atoms with Crippen molar-refractivity contribution in [1.29, 1.82) is 0 Å². The van der Waals surface area contributed by atoms with E-state index >= 15 is 0 Å². The van der Waals surface area contributed by atoms with Crippen molar-refractivity contribution in [3.63, 3.8) is 0 Å². The molecule has 100 valence electrons. The van der Waals surface area contributed by atoms with Crippen LogP contribution >= 0.6 is 0 Å². The lowest BCUT2D eigenvalue weighted by Crippen LogP contribution is -2.40. The van der Waals surface area contributed by atoms with E-state index in [1.165, 1.54) is 25.7 Å². The maximum absolute atomic E-state index is 10.9. The van der Waals surface area contributed by atoms with Crippen LogP contribution in [0.3, 0.4) is 0 Å². The van der Waals surface area contributed by atoms with Crippen LogP contribution in [0, 0.1) is 5.41 Å². The van der Waals surface area contributed by atoms with E-state index in [0.717, 1.165) is 19.1 Å². The van der Waals surface area contributed by atoms with Crippen LogP contribution < -0.4 is 5.32 Å². The second-order valence-electron chi connectivity index (χ2n) is 5.78. The quantitative estimate of drug-likeness (QED) is 0.665. The summed E-state index contributed by atoms with van der Waals surface area (Å²) in [5.74, 6) is -0.742. The number of nitrogens with zero attached hydrogens (tertiary/aromatic N) is 1. The first kappa shape index (κ1) is 14.5. The minimum absolute atomic E-state index is 0.529. The number of rotatable bonds is 7. The molecule has 0 radical (unpaired) electrons. The molecule has 1 aliphatic carbocycles. The fourth-order valence-corrected chi connectivity index (χ4v) is 2.26. The molecule has 0 unspecified atom stereocenters. The third-order valence-corrected chi connectivity index (χ3v) is 3.74. The van der Waals surface area contributed by atoms with E-state index in [-0.39, 0.29) is 0 Å². The Labute approximate surface area is 104 Å². The van der Waals surface area contributed by atoms with E-state index in [1.807, 2.05) is 0 Å². The minimum atomic E-state index is -0.742. The molecule has 0 bridgehead atoms. The molecular weight excluding hydrogens is 216 g/mol. The summed E-state index contributed by atoms with van der Waals surface area (Å²) in [4.78, 5) is 13.3. The topological polar surface area (TPSA) is 52.6 Å². The lowest BCUT2D eigenvalue weighted by Gasteiger charge is -2.25. The van der Waals surface area contributed by atoms with E-state index in [1.54, 1.807) is 13.8 Å². The third-order valence-electron chi connectivity index (χ3n) is 3.74. The largest absolute Gasteiger partial charge is 0.481 e. The van der Waals surface area contributed by atoms with Crippen LogP contribution in [0.4, 0.5) is 0 Å². The Morgan fingerprint density at radius 1 is 1.41 bits per heavy atom. The SMILES string of the molecule is CN(CCNCC(C)(C)C(=O)O)C1CCCC1. The Hall–Kier alpha value is -0.610. The third kappa shape index (κ3) is 4.64. The van der Waals surface area contributed by atoms with Crippen molar-refractivity contribution < 1.29 is 9.90 Å². The van der Waals surface area contributed by atoms with Crippen molar-refractivity contribution in [2.75, 3.05) is 26.7 Å². The summed E-state index contributed by atoms with van der Waals surface area (Å²) in [7, 11) is 2.17. The summed E-state index contributed by atoms with van der Waals surface area (Å²) in [6.07, 6.45) is 5.34. The van der Waals surface area contributed by atoms with Gasteiger partial charge in [0.1, 0.15) is 0 Å². The highest BCUT2D eigenvalue weighted by Crippen LogP contribution is 2.21. The van der Waals surface area contributed by atoms with Gasteiger partial charge in [-0.15, -0.1) is 0 Å². The summed E-state index contributed by atoms with van der Waals surface area (Å²) >= 11 is 0. The van der Waals surface area contributed by atoms with Gasteiger partial charge in [0.2, 0.25) is 0 Å². The van der Waals surface area contributed by atoms with Gasteiger partial charge in [-0.1, -0.05) is 12.8 Å². The zero-order chi connectivity index (χ0) is 12.9. The number of carboxylic acid groups (broad SMARTS) is 1. The highest BCUT2D eigenvalue weighted by Gasteiger charge is 2.26. The van der Waals surface area contributed by atoms with Gasteiger partial charge in [0.25, 0.3) is 0 Å². The van der Waals surface area contributed by atoms with Crippen LogP contribution in [0.2, 0.25) is 0 Å². The maximum atomic E-state index is 10.9. The molecule has 0 aliphatic heterocycles. The summed E-state index contributed by atoms with van der Waals surface area (Å²) in [6, 6.07) is 0.740. The highest BCUT2D eigenvalue weighted by molar-refractivity contribution is 5.73. The van der Waals surface area contributed by atoms with Gasteiger partial charge < -0.3 is 15.3 Å². The Kier molecular flexibility index (Phi) is 5.40. The van der Waals surface area contributed by atoms with Crippen LogP contribution in [0.15, 0.2) is 0 Å². The van der Waals surface area contributed by atoms with Gasteiger partial charge in [-0.25, -0.2) is 0 Å². The van der Waals surface area contributed by atoms with Crippen LogP contribution in [-0.4, -0.2) is 48.7 Å². The predicted octanol–water partition coefficient (Wildman–Crippen LogP) is 1.56. The van der Waals surface area contributed by atoms with Crippen molar-refractivity contribution in [2.45, 2.75) is 45.6 Å². The second kappa shape index (κ2) is 6.36. The van der Waals surface area contributed by atoms with Gasteiger partial charge in [0.15, 0.2) is 0 Å². The van der Waals surface area contributed by atoms with Gasteiger partial charge in [0.05, 0.1) is 5.41 Å². The summed E-state index contributed by atoms with van der Waals surface area (Å²) in [5.41, 5.74) is -0.675. The standard InChI is InChI=1S/C13H26N2O2/c1-13(2,12(16)17)10-14-8-9-15(3)11-6-4-5-7-11/h11,14H,4-10H2,1-3H3,(H,16,17). The van der Waals surface area contributed by atoms with Crippen molar-refractivity contribution in [3.05, 3.63) is 0 Å². The molecule has 2 N–H and O–H groups in total. The molecule has 4 nitrogen and oxygen atoms in total. The molecular formula is C13H26N2O2. The molecule has 0 aromatic heterocycles. The lowest BCUT2D eigenvalue weighted by molar-refractivity contribution is -0.146. The Balaban J connectivity index is 2.13. The zero-order valence-electron chi connectivity index (χ0n) is 11.3. The first-order chi connectivity index (χ1) is 7.93. The van der Waals surface area contributed by atoms with Gasteiger partial charge in [-0.3, -0.25) is 4.79 Å². The summed E-state index contributed by atoms with van der Waals surface area (Å²) in [5, 5.41) is 12.2. The monoisotopic (exact) mass is 242 g/mol. The predicted molar refractivity (Wildman–Crippen MR) is 69.2 cm³/mol. The Morgan fingerprint density at radius 3 is 2.53 bits per heavy atom. The van der Waals surface area contributed by atoms with E-state index in [9.17, 15) is 4.79 Å². The number of hydrogen-bond acceptors (Lipinski definition) is 3. The molecule has 1 fully saturated rings. The van der Waals surface area contributed by atoms with Gasteiger partial charge >= 0.3 is 5.97 Å². The molecule has 1 saturated carbocycles. The molecule has 0 amide bonds. The molecule has 0 heterocycles. The molecule has 0 aromatic carbocycles. The van der Waals surface area contributed by atoms with Crippen LogP contribution in [0.25, 0.3) is 0 Å². The molecule has 1 aliphatic rings. The smallest absolute Gasteiger partial charge is 0.310 e. The number of carboxylic acids is 1. The van der Waals surface area contributed by atoms with E-state index in [2.05, 4.69) is 17.3 Å². The minimum Gasteiger partial charge on any atom is -0.481 e. The van der Waals surface area contributed by atoms with Gasteiger partial charge in [-0.2, -0.15) is 0 Å². The molecule has 0 aromatic rings. The van der Waals surface area contributed by atoms with Crippen molar-refractivity contribution in [3.8, 4) is 0 Å². The lowest BCUT2D eigenvalue weighted by atomic mass is 9.94. The van der Waals surface area contributed by atoms with Gasteiger partial charge in [0, 0.05) is 25.7 Å². The fourth-order valence-electron chi connectivity index (χ4n) is 2.26. The Bertz CT molecular complexity index is 248. The van der Waals surface area contributed by atoms with E-state index in [4.69, 9.17) is 5.11 Å². The van der Waals surface area contributed by atoms with Crippen LogP contribution in [0.5, 0.6) is 0 Å². The molecule has 0 saturated heterocycles. The number of carbonyl (C=O) groups is 1. The first-order valence-corrected chi connectivity index (χ1v) is 6.58. The molecule has 17 heavy (non-hydrogen) atoms. The number of hydrogen-bond donors (Lipinski definition) is 2. The van der Waals surface area contributed by atoms with Gasteiger partial charge in [-0.05, 0) is 33.7 Å². The van der Waals surface area contributed by atoms with E-state index < -0.39 is 11.4 Å². The zero-order valence-corrected chi connectivity index (χ0v) is 11.3. The average molecular weight is 242 g/mol.